The Hall–Kier alpha value is -2.06. The Kier molecular flexibility index (Phi) is 5.24. The van der Waals surface area contributed by atoms with Crippen LogP contribution in [0.25, 0.3) is 0 Å². The minimum atomic E-state index is -3.33. The van der Waals surface area contributed by atoms with Crippen molar-refractivity contribution in [3.8, 4) is 0 Å². The molecule has 1 aromatic carbocycles. The van der Waals surface area contributed by atoms with Crippen molar-refractivity contribution in [2.75, 3.05) is 21.6 Å². The molecule has 8 heteroatoms. The van der Waals surface area contributed by atoms with Crippen LogP contribution in [0.4, 0.5) is 11.4 Å². The van der Waals surface area contributed by atoms with Gasteiger partial charge in [0.25, 0.3) is 5.91 Å². The van der Waals surface area contributed by atoms with E-state index < -0.39 is 10.0 Å². The number of aromatic nitrogens is 1. The molecule has 0 spiro atoms. The molecule has 0 radical (unpaired) electrons. The van der Waals surface area contributed by atoms with Gasteiger partial charge in [-0.3, -0.25) is 9.10 Å². The maximum atomic E-state index is 12.5. The Labute approximate surface area is 158 Å². The van der Waals surface area contributed by atoms with Crippen LogP contribution < -0.4 is 9.62 Å². The van der Waals surface area contributed by atoms with E-state index in [4.69, 9.17) is 0 Å². The number of nitrogens with zero attached hydrogens (tertiary/aromatic N) is 2. The molecular weight excluding hydrogens is 370 g/mol. The van der Waals surface area contributed by atoms with Crippen molar-refractivity contribution in [1.29, 1.82) is 0 Å². The molecule has 0 saturated carbocycles. The topological polar surface area (TPSA) is 79.4 Å². The Bertz CT molecular complexity index is 927. The highest BCUT2D eigenvalue weighted by atomic mass is 32.2. The zero-order valence-corrected chi connectivity index (χ0v) is 16.5. The van der Waals surface area contributed by atoms with Crippen LogP contribution in [0.2, 0.25) is 0 Å². The smallest absolute Gasteiger partial charge is 0.255 e. The molecule has 2 heterocycles. The fourth-order valence-electron chi connectivity index (χ4n) is 3.14. The molecule has 6 nitrogen and oxygen atoms in total. The fraction of sp³-hybridized carbons (Fsp3) is 0.333. The molecule has 0 bridgehead atoms. The van der Waals surface area contributed by atoms with Gasteiger partial charge in [0.05, 0.1) is 28.9 Å². The monoisotopic (exact) mass is 391 g/mol. The molecule has 1 N–H and O–H groups in total. The maximum absolute atomic E-state index is 12.5. The Balaban J connectivity index is 1.79. The molecular formula is C18H21N3O3S2. The first-order valence-corrected chi connectivity index (χ1v) is 11.2. The van der Waals surface area contributed by atoms with E-state index in [9.17, 15) is 13.2 Å². The lowest BCUT2D eigenvalue weighted by Crippen LogP contribution is -2.34. The number of anilines is 2. The summed E-state index contributed by atoms with van der Waals surface area (Å²) < 4.78 is 25.4. The van der Waals surface area contributed by atoms with Gasteiger partial charge < -0.3 is 5.32 Å². The molecule has 0 saturated heterocycles. The second-order valence-corrected chi connectivity index (χ2v) is 9.37. The van der Waals surface area contributed by atoms with E-state index in [2.05, 4.69) is 17.2 Å². The largest absolute Gasteiger partial charge is 0.321 e. The standard InChI is InChI=1S/C18H21N3O3S2/c1-4-25-17-8-6-15(11-19-17)20-18(22)13-5-7-16-14(10-13)9-12(2)21(16)26(3,23)24/h5-8,10-12H,4,9H2,1-3H3,(H,20,22). The van der Waals surface area contributed by atoms with E-state index in [1.807, 2.05) is 19.1 Å². The first-order valence-electron chi connectivity index (χ1n) is 8.32. The normalized spacial score (nSPS) is 16.4. The SMILES string of the molecule is CCSc1ccc(NC(=O)c2ccc3c(c2)CC(C)N3S(C)(=O)=O)cn1. The lowest BCUT2D eigenvalue weighted by atomic mass is 10.1. The summed E-state index contributed by atoms with van der Waals surface area (Å²) in [6.07, 6.45) is 3.43. The number of hydrogen-bond acceptors (Lipinski definition) is 5. The van der Waals surface area contributed by atoms with Gasteiger partial charge in [0.15, 0.2) is 0 Å². The van der Waals surface area contributed by atoms with Gasteiger partial charge in [0.2, 0.25) is 10.0 Å². The minimum Gasteiger partial charge on any atom is -0.321 e. The van der Waals surface area contributed by atoms with Crippen molar-refractivity contribution in [3.63, 3.8) is 0 Å². The number of carbonyl (C=O) groups is 1. The van der Waals surface area contributed by atoms with Crippen molar-refractivity contribution >= 4 is 39.1 Å². The van der Waals surface area contributed by atoms with E-state index in [1.165, 1.54) is 10.6 Å². The zero-order chi connectivity index (χ0) is 18.9. The first-order chi connectivity index (χ1) is 12.3. The third-order valence-corrected chi connectivity index (χ3v) is 6.24. The summed E-state index contributed by atoms with van der Waals surface area (Å²) in [4.78, 5) is 16.8. The number of fused-ring (bicyclic) bond motifs is 1. The summed E-state index contributed by atoms with van der Waals surface area (Å²) in [7, 11) is -3.33. The average molecular weight is 392 g/mol. The third-order valence-electron chi connectivity index (χ3n) is 4.14. The van der Waals surface area contributed by atoms with Crippen LogP contribution in [0.15, 0.2) is 41.6 Å². The van der Waals surface area contributed by atoms with Crippen LogP contribution in [-0.4, -0.2) is 37.4 Å². The van der Waals surface area contributed by atoms with Gasteiger partial charge in [0, 0.05) is 11.6 Å². The number of nitrogens with one attached hydrogen (secondary N) is 1. The van der Waals surface area contributed by atoms with Crippen LogP contribution in [0.5, 0.6) is 0 Å². The molecule has 1 aliphatic heterocycles. The van der Waals surface area contributed by atoms with Crippen LogP contribution in [0.1, 0.15) is 29.8 Å². The molecule has 0 aliphatic carbocycles. The highest BCUT2D eigenvalue weighted by molar-refractivity contribution is 7.99. The summed E-state index contributed by atoms with van der Waals surface area (Å²) in [5.74, 6) is 0.701. The number of carbonyl (C=O) groups excluding carboxylic acids is 1. The molecule has 0 fully saturated rings. The van der Waals surface area contributed by atoms with Crippen LogP contribution in [0, 0.1) is 0 Å². The van der Waals surface area contributed by atoms with Crippen molar-refractivity contribution in [2.24, 2.45) is 0 Å². The predicted octanol–water partition coefficient (Wildman–Crippen LogP) is 3.16. The highest BCUT2D eigenvalue weighted by Gasteiger charge is 2.32. The van der Waals surface area contributed by atoms with Crippen LogP contribution >= 0.6 is 11.8 Å². The first kappa shape index (κ1) is 18.7. The number of benzene rings is 1. The van der Waals surface area contributed by atoms with E-state index in [0.717, 1.165) is 16.3 Å². The molecule has 1 amide bonds. The van der Waals surface area contributed by atoms with Gasteiger partial charge in [-0.25, -0.2) is 13.4 Å². The van der Waals surface area contributed by atoms with Gasteiger partial charge in [-0.15, -0.1) is 11.8 Å². The van der Waals surface area contributed by atoms with Gasteiger partial charge >= 0.3 is 0 Å². The number of pyridine rings is 1. The molecule has 1 atom stereocenters. The van der Waals surface area contributed by atoms with E-state index >= 15 is 0 Å². The number of sulfonamides is 1. The number of hydrogen-bond donors (Lipinski definition) is 1. The molecule has 1 aromatic heterocycles. The lowest BCUT2D eigenvalue weighted by Gasteiger charge is -2.21. The highest BCUT2D eigenvalue weighted by Crippen LogP contribution is 2.34. The van der Waals surface area contributed by atoms with Crippen LogP contribution in [-0.2, 0) is 16.4 Å². The summed E-state index contributed by atoms with van der Waals surface area (Å²) in [5, 5.41) is 3.74. The predicted molar refractivity (Wildman–Crippen MR) is 106 cm³/mol. The van der Waals surface area contributed by atoms with Crippen molar-refractivity contribution in [3.05, 3.63) is 47.7 Å². The van der Waals surface area contributed by atoms with E-state index in [1.54, 1.807) is 36.2 Å². The maximum Gasteiger partial charge on any atom is 0.255 e. The summed E-state index contributed by atoms with van der Waals surface area (Å²) in [5.41, 5.74) is 2.64. The minimum absolute atomic E-state index is 0.147. The summed E-state index contributed by atoms with van der Waals surface area (Å²) in [6, 6.07) is 8.67. The molecule has 3 rings (SSSR count). The number of rotatable bonds is 5. The molecule has 2 aromatic rings. The van der Waals surface area contributed by atoms with Gasteiger partial charge in [0.1, 0.15) is 0 Å². The third kappa shape index (κ3) is 3.86. The zero-order valence-electron chi connectivity index (χ0n) is 14.9. The molecule has 138 valence electrons. The molecule has 1 aliphatic rings. The summed E-state index contributed by atoms with van der Waals surface area (Å²) >= 11 is 1.64. The van der Waals surface area contributed by atoms with Crippen molar-refractivity contribution in [2.45, 2.75) is 31.3 Å². The van der Waals surface area contributed by atoms with Crippen LogP contribution in [0.3, 0.4) is 0 Å². The lowest BCUT2D eigenvalue weighted by molar-refractivity contribution is 0.102. The van der Waals surface area contributed by atoms with Gasteiger partial charge in [-0.2, -0.15) is 0 Å². The van der Waals surface area contributed by atoms with Crippen molar-refractivity contribution < 1.29 is 13.2 Å². The average Bonchev–Trinajstić information content (AvgIpc) is 2.91. The quantitative estimate of drug-likeness (QED) is 0.792. The second-order valence-electron chi connectivity index (χ2n) is 6.23. The number of thioether (sulfide) groups is 1. The van der Waals surface area contributed by atoms with E-state index in [-0.39, 0.29) is 11.9 Å². The molecule has 1 unspecified atom stereocenters. The number of amides is 1. The fourth-order valence-corrected chi connectivity index (χ4v) is 4.99. The Morgan fingerprint density at radius 3 is 2.73 bits per heavy atom. The van der Waals surface area contributed by atoms with Crippen molar-refractivity contribution in [1.82, 2.24) is 4.98 Å². The molecule has 26 heavy (non-hydrogen) atoms. The summed E-state index contributed by atoms with van der Waals surface area (Å²) in [6.45, 7) is 3.92. The van der Waals surface area contributed by atoms with Gasteiger partial charge in [-0.05, 0) is 55.0 Å². The van der Waals surface area contributed by atoms with Gasteiger partial charge in [-0.1, -0.05) is 6.92 Å². The Morgan fingerprint density at radius 2 is 2.12 bits per heavy atom. The Morgan fingerprint density at radius 1 is 1.35 bits per heavy atom. The van der Waals surface area contributed by atoms with E-state index in [0.29, 0.717) is 23.4 Å². The second kappa shape index (κ2) is 7.28.